The van der Waals surface area contributed by atoms with Crippen LogP contribution in [0.1, 0.15) is 21.7 Å². The summed E-state index contributed by atoms with van der Waals surface area (Å²) in [5, 5.41) is 6.62. The molecule has 0 saturated heterocycles. The van der Waals surface area contributed by atoms with Crippen LogP contribution >= 0.6 is 0 Å². The molecule has 110 valence electrons. The largest absolute Gasteiger partial charge is 0.334 e. The third-order valence-corrected chi connectivity index (χ3v) is 3.20. The molecule has 0 radical (unpaired) electrons. The number of nitrogens with zero attached hydrogens (tertiary/aromatic N) is 2. The summed E-state index contributed by atoms with van der Waals surface area (Å²) in [4.78, 5) is 16.3. The zero-order chi connectivity index (χ0) is 15.5. The Kier molecular flexibility index (Phi) is 3.70. The molecule has 0 saturated carbocycles. The number of rotatable bonds is 3. The first-order valence-electron chi connectivity index (χ1n) is 6.90. The summed E-state index contributed by atoms with van der Waals surface area (Å²) in [5.41, 5.74) is 3.21. The molecule has 1 amide bonds. The highest BCUT2D eigenvalue weighted by molar-refractivity contribution is 6.04. The van der Waals surface area contributed by atoms with Crippen molar-refractivity contribution in [3.63, 3.8) is 0 Å². The van der Waals surface area contributed by atoms with Crippen molar-refractivity contribution in [3.8, 4) is 11.5 Å². The Bertz CT molecular complexity index is 807. The van der Waals surface area contributed by atoms with Gasteiger partial charge in [0.2, 0.25) is 0 Å². The second-order valence-electron chi connectivity index (χ2n) is 5.05. The molecule has 22 heavy (non-hydrogen) atoms. The maximum Gasteiger partial charge on any atom is 0.257 e. The van der Waals surface area contributed by atoms with Crippen molar-refractivity contribution in [1.82, 2.24) is 10.1 Å². The van der Waals surface area contributed by atoms with Gasteiger partial charge in [-0.05, 0) is 50.2 Å². The Morgan fingerprint density at radius 2 is 1.86 bits per heavy atom. The normalized spacial score (nSPS) is 10.5. The van der Waals surface area contributed by atoms with Crippen molar-refractivity contribution in [2.45, 2.75) is 13.8 Å². The number of carbonyl (C=O) groups is 1. The molecular formula is C17H15N3O2. The van der Waals surface area contributed by atoms with Gasteiger partial charge >= 0.3 is 0 Å². The van der Waals surface area contributed by atoms with E-state index in [0.717, 1.165) is 11.1 Å². The fourth-order valence-electron chi connectivity index (χ4n) is 2.10. The lowest BCUT2D eigenvalue weighted by Crippen LogP contribution is -2.11. The molecule has 3 aromatic rings. The van der Waals surface area contributed by atoms with Crippen LogP contribution in [0.25, 0.3) is 11.5 Å². The maximum atomic E-state index is 12.2. The van der Waals surface area contributed by atoms with Crippen molar-refractivity contribution >= 4 is 11.6 Å². The first-order chi connectivity index (χ1) is 10.6. The average Bonchev–Trinajstić information content (AvgIpc) is 2.94. The second-order valence-corrected chi connectivity index (χ2v) is 5.05. The van der Waals surface area contributed by atoms with Gasteiger partial charge in [0.15, 0.2) is 5.82 Å². The fraction of sp³-hybridized carbons (Fsp3) is 0.118. The van der Waals surface area contributed by atoms with Gasteiger partial charge < -0.3 is 9.84 Å². The van der Waals surface area contributed by atoms with Crippen LogP contribution in [-0.2, 0) is 0 Å². The van der Waals surface area contributed by atoms with Crippen molar-refractivity contribution in [1.29, 1.82) is 0 Å². The molecule has 1 N–H and O–H groups in total. The second kappa shape index (κ2) is 5.81. The van der Waals surface area contributed by atoms with Gasteiger partial charge in [-0.2, -0.15) is 4.98 Å². The lowest BCUT2D eigenvalue weighted by molar-refractivity contribution is 0.102. The van der Waals surface area contributed by atoms with Gasteiger partial charge in [-0.15, -0.1) is 0 Å². The number of nitrogens with one attached hydrogen (secondary N) is 1. The van der Waals surface area contributed by atoms with Crippen LogP contribution in [0.15, 0.2) is 53.1 Å². The summed E-state index contributed by atoms with van der Waals surface area (Å²) >= 11 is 0. The highest BCUT2D eigenvalue weighted by Crippen LogP contribution is 2.20. The predicted molar refractivity (Wildman–Crippen MR) is 83.6 cm³/mol. The van der Waals surface area contributed by atoms with Crippen LogP contribution in [0.3, 0.4) is 0 Å². The fourth-order valence-corrected chi connectivity index (χ4v) is 2.10. The molecule has 3 rings (SSSR count). The van der Waals surface area contributed by atoms with E-state index in [0.29, 0.717) is 23.0 Å². The summed E-state index contributed by atoms with van der Waals surface area (Å²) in [6, 6.07) is 14.7. The smallest absolute Gasteiger partial charge is 0.257 e. The minimum Gasteiger partial charge on any atom is -0.334 e. The quantitative estimate of drug-likeness (QED) is 0.801. The third-order valence-electron chi connectivity index (χ3n) is 3.20. The van der Waals surface area contributed by atoms with Crippen LogP contribution in [0.5, 0.6) is 0 Å². The van der Waals surface area contributed by atoms with E-state index in [9.17, 15) is 4.79 Å². The van der Waals surface area contributed by atoms with E-state index in [1.807, 2.05) is 49.4 Å². The lowest BCUT2D eigenvalue weighted by atomic mass is 10.1. The number of hydrogen-bond donors (Lipinski definition) is 1. The molecule has 5 nitrogen and oxygen atoms in total. The summed E-state index contributed by atoms with van der Waals surface area (Å²) < 4.78 is 5.11. The summed E-state index contributed by atoms with van der Waals surface area (Å²) in [7, 11) is 0. The zero-order valence-corrected chi connectivity index (χ0v) is 12.3. The van der Waals surface area contributed by atoms with E-state index in [-0.39, 0.29) is 5.91 Å². The van der Waals surface area contributed by atoms with E-state index in [2.05, 4.69) is 15.5 Å². The van der Waals surface area contributed by atoms with Gasteiger partial charge in [0.1, 0.15) is 0 Å². The van der Waals surface area contributed by atoms with Crippen molar-refractivity contribution in [3.05, 3.63) is 65.5 Å². The lowest BCUT2D eigenvalue weighted by Gasteiger charge is -2.06. The summed E-state index contributed by atoms with van der Waals surface area (Å²) in [5.74, 6) is 0.922. The van der Waals surface area contributed by atoms with Crippen LogP contribution in [0, 0.1) is 13.8 Å². The van der Waals surface area contributed by atoms with E-state index in [1.165, 1.54) is 0 Å². The number of aromatic nitrogens is 2. The molecule has 0 fully saturated rings. The Balaban J connectivity index is 1.75. The number of anilines is 1. The Morgan fingerprint density at radius 3 is 2.50 bits per heavy atom. The minimum atomic E-state index is -0.134. The van der Waals surface area contributed by atoms with Gasteiger partial charge in [0.25, 0.3) is 11.8 Å². The summed E-state index contributed by atoms with van der Waals surface area (Å²) in [6.07, 6.45) is 0. The van der Waals surface area contributed by atoms with Crippen LogP contribution in [0.2, 0.25) is 0 Å². The number of amides is 1. The third kappa shape index (κ3) is 3.03. The van der Waals surface area contributed by atoms with Crippen molar-refractivity contribution < 1.29 is 9.32 Å². The number of benzene rings is 2. The number of hydrogen-bond acceptors (Lipinski definition) is 4. The van der Waals surface area contributed by atoms with Gasteiger partial charge in [0.05, 0.1) is 0 Å². The first-order valence-corrected chi connectivity index (χ1v) is 6.90. The molecule has 1 aromatic heterocycles. The molecule has 5 heteroatoms. The van der Waals surface area contributed by atoms with Crippen LogP contribution < -0.4 is 5.32 Å². The monoisotopic (exact) mass is 293 g/mol. The molecule has 0 aliphatic carbocycles. The topological polar surface area (TPSA) is 68.0 Å². The molecule has 0 atom stereocenters. The molecule has 2 aromatic carbocycles. The van der Waals surface area contributed by atoms with Gasteiger partial charge in [0, 0.05) is 16.8 Å². The Labute approximate surface area is 128 Å². The highest BCUT2D eigenvalue weighted by Gasteiger charge is 2.08. The highest BCUT2D eigenvalue weighted by atomic mass is 16.5. The van der Waals surface area contributed by atoms with Crippen molar-refractivity contribution in [2.24, 2.45) is 0 Å². The Morgan fingerprint density at radius 1 is 1.09 bits per heavy atom. The van der Waals surface area contributed by atoms with E-state index in [4.69, 9.17) is 4.52 Å². The van der Waals surface area contributed by atoms with Crippen LogP contribution in [0.4, 0.5) is 5.69 Å². The first kappa shape index (κ1) is 14.0. The molecular weight excluding hydrogens is 278 g/mol. The number of carbonyl (C=O) groups excluding carboxylic acids is 1. The van der Waals surface area contributed by atoms with E-state index >= 15 is 0 Å². The molecule has 0 aliphatic heterocycles. The molecule has 1 heterocycles. The van der Waals surface area contributed by atoms with Gasteiger partial charge in [-0.3, -0.25) is 4.79 Å². The minimum absolute atomic E-state index is 0.134. The van der Waals surface area contributed by atoms with Crippen LogP contribution in [-0.4, -0.2) is 16.0 Å². The average molecular weight is 293 g/mol. The predicted octanol–water partition coefficient (Wildman–Crippen LogP) is 3.61. The molecule has 0 spiro atoms. The van der Waals surface area contributed by atoms with Gasteiger partial charge in [-0.1, -0.05) is 22.9 Å². The molecule has 0 bridgehead atoms. The number of aryl methyl sites for hydroxylation is 2. The molecule has 0 unspecified atom stereocenters. The summed E-state index contributed by atoms with van der Waals surface area (Å²) in [6.45, 7) is 3.72. The Hall–Kier alpha value is -2.95. The van der Waals surface area contributed by atoms with E-state index < -0.39 is 0 Å². The van der Waals surface area contributed by atoms with E-state index in [1.54, 1.807) is 13.0 Å². The maximum absolute atomic E-state index is 12.2. The van der Waals surface area contributed by atoms with Crippen molar-refractivity contribution in [2.75, 3.05) is 5.32 Å². The SMILES string of the molecule is Cc1cccc(C(=O)Nc2ccc(-c3nc(C)no3)cc2)c1. The molecule has 0 aliphatic rings. The van der Waals surface area contributed by atoms with Gasteiger partial charge in [-0.25, -0.2) is 0 Å². The zero-order valence-electron chi connectivity index (χ0n) is 12.3. The standard InChI is InChI=1S/C17H15N3O2/c1-11-4-3-5-14(10-11)16(21)19-15-8-6-13(7-9-15)17-18-12(2)20-22-17/h3-10H,1-2H3,(H,19,21).